The molecule has 2 aromatic rings. The lowest BCUT2D eigenvalue weighted by atomic mass is 10.2. The average molecular weight is 209 g/mol. The third-order valence-corrected chi connectivity index (χ3v) is 2.63. The number of thiophene rings is 1. The fourth-order valence-corrected chi connectivity index (χ4v) is 1.85. The molecule has 4 nitrogen and oxygen atoms in total. The minimum atomic E-state index is -1.05. The summed E-state index contributed by atoms with van der Waals surface area (Å²) in [4.78, 5) is 15.4. The van der Waals surface area contributed by atoms with Gasteiger partial charge in [-0.2, -0.15) is 0 Å². The first-order chi connectivity index (χ1) is 6.77. The summed E-state index contributed by atoms with van der Waals surface area (Å²) >= 11 is 1.56. The van der Waals surface area contributed by atoms with Crippen molar-refractivity contribution in [1.29, 1.82) is 0 Å². The second-order valence-electron chi connectivity index (χ2n) is 2.69. The van der Waals surface area contributed by atoms with E-state index < -0.39 is 5.97 Å². The molecule has 0 bridgehead atoms. The maximum absolute atomic E-state index is 10.7. The largest absolute Gasteiger partial charge is 0.476 e. The molecule has 0 saturated carbocycles. The summed E-state index contributed by atoms with van der Waals surface area (Å²) in [6.07, 6.45) is 1.64. The van der Waals surface area contributed by atoms with Gasteiger partial charge >= 0.3 is 5.97 Å². The molecule has 0 amide bonds. The quantitative estimate of drug-likeness (QED) is 0.840. The number of carbonyl (C=O) groups is 1. The molecule has 0 aliphatic heterocycles. The van der Waals surface area contributed by atoms with Gasteiger partial charge in [-0.15, -0.1) is 11.3 Å². The molecule has 2 aromatic heterocycles. The second-order valence-corrected chi connectivity index (χ2v) is 3.72. The van der Waals surface area contributed by atoms with Crippen LogP contribution in [0.25, 0.3) is 0 Å². The molecule has 0 spiro atoms. The summed E-state index contributed by atoms with van der Waals surface area (Å²) in [6, 6.07) is 3.84. The number of carboxylic acid groups (broad SMARTS) is 1. The molecule has 0 atom stereocenters. The van der Waals surface area contributed by atoms with Crippen molar-refractivity contribution >= 4 is 17.3 Å². The fourth-order valence-electron chi connectivity index (χ4n) is 1.14. The lowest BCUT2D eigenvalue weighted by molar-refractivity contribution is 0.0689. The summed E-state index contributed by atoms with van der Waals surface area (Å²) in [5, 5.41) is 10.7. The van der Waals surface area contributed by atoms with Gasteiger partial charge in [0.25, 0.3) is 0 Å². The summed E-state index contributed by atoms with van der Waals surface area (Å²) in [5.41, 5.74) is -0.00148. The van der Waals surface area contributed by atoms with Gasteiger partial charge in [0.05, 0.1) is 0 Å². The van der Waals surface area contributed by atoms with Crippen LogP contribution < -0.4 is 0 Å². The molecule has 0 saturated heterocycles. The number of hydrogen-bond donors (Lipinski definition) is 1. The first-order valence-corrected chi connectivity index (χ1v) is 4.83. The van der Waals surface area contributed by atoms with Crippen molar-refractivity contribution in [3.05, 3.63) is 40.2 Å². The number of aromatic carboxylic acids is 1. The van der Waals surface area contributed by atoms with Crippen LogP contribution in [0.5, 0.6) is 0 Å². The van der Waals surface area contributed by atoms with Crippen LogP contribution in [0.1, 0.15) is 21.1 Å². The molecular formula is C9H7NO3S. The molecule has 0 aliphatic rings. The van der Waals surface area contributed by atoms with E-state index in [2.05, 4.69) is 4.98 Å². The zero-order chi connectivity index (χ0) is 9.97. The van der Waals surface area contributed by atoms with E-state index in [1.807, 2.05) is 17.5 Å². The van der Waals surface area contributed by atoms with Crippen LogP contribution >= 0.6 is 11.3 Å². The molecule has 14 heavy (non-hydrogen) atoms. The SMILES string of the molecule is O=C(O)c1ncoc1Cc1cccs1. The Morgan fingerprint density at radius 1 is 1.64 bits per heavy atom. The first kappa shape index (κ1) is 8.96. The Bertz CT molecular complexity index is 433. The van der Waals surface area contributed by atoms with Crippen molar-refractivity contribution in [3.63, 3.8) is 0 Å². The van der Waals surface area contributed by atoms with E-state index >= 15 is 0 Å². The van der Waals surface area contributed by atoms with Gasteiger partial charge < -0.3 is 9.52 Å². The first-order valence-electron chi connectivity index (χ1n) is 3.95. The van der Waals surface area contributed by atoms with Gasteiger partial charge in [0.1, 0.15) is 5.76 Å². The van der Waals surface area contributed by atoms with Crippen LogP contribution in [-0.2, 0) is 6.42 Å². The minimum Gasteiger partial charge on any atom is -0.476 e. The van der Waals surface area contributed by atoms with Crippen LogP contribution in [0.15, 0.2) is 28.3 Å². The van der Waals surface area contributed by atoms with Crippen LogP contribution in [0.4, 0.5) is 0 Å². The van der Waals surface area contributed by atoms with Gasteiger partial charge in [-0.1, -0.05) is 6.07 Å². The normalized spacial score (nSPS) is 10.3. The van der Waals surface area contributed by atoms with Crippen molar-refractivity contribution in [2.45, 2.75) is 6.42 Å². The van der Waals surface area contributed by atoms with Gasteiger partial charge in [-0.05, 0) is 11.4 Å². The highest BCUT2D eigenvalue weighted by Gasteiger charge is 2.15. The highest BCUT2D eigenvalue weighted by molar-refractivity contribution is 7.09. The molecule has 0 fully saturated rings. The standard InChI is InChI=1S/C9H7NO3S/c11-9(12)8-7(13-5-10-8)4-6-2-1-3-14-6/h1-3,5H,4H2,(H,11,12). The summed E-state index contributed by atoms with van der Waals surface area (Å²) in [7, 11) is 0. The Morgan fingerprint density at radius 3 is 3.14 bits per heavy atom. The number of nitrogens with zero attached hydrogens (tertiary/aromatic N) is 1. The van der Waals surface area contributed by atoms with E-state index in [1.54, 1.807) is 11.3 Å². The van der Waals surface area contributed by atoms with E-state index in [4.69, 9.17) is 9.52 Å². The van der Waals surface area contributed by atoms with Crippen molar-refractivity contribution in [3.8, 4) is 0 Å². The summed E-state index contributed by atoms with van der Waals surface area (Å²) < 4.78 is 5.01. The lowest BCUT2D eigenvalue weighted by Gasteiger charge is -1.93. The van der Waals surface area contributed by atoms with Gasteiger partial charge in [-0.3, -0.25) is 0 Å². The Hall–Kier alpha value is -1.62. The molecule has 0 aliphatic carbocycles. The molecule has 2 rings (SSSR count). The van der Waals surface area contributed by atoms with E-state index in [1.165, 1.54) is 0 Å². The van der Waals surface area contributed by atoms with Crippen molar-refractivity contribution < 1.29 is 14.3 Å². The Balaban J connectivity index is 2.25. The average Bonchev–Trinajstić information content (AvgIpc) is 2.75. The van der Waals surface area contributed by atoms with Crippen molar-refractivity contribution in [2.75, 3.05) is 0 Å². The smallest absolute Gasteiger partial charge is 0.358 e. The van der Waals surface area contributed by atoms with E-state index in [0.29, 0.717) is 12.2 Å². The zero-order valence-electron chi connectivity index (χ0n) is 7.14. The monoisotopic (exact) mass is 209 g/mol. The highest BCUT2D eigenvalue weighted by Crippen LogP contribution is 2.17. The second kappa shape index (κ2) is 3.63. The number of hydrogen-bond acceptors (Lipinski definition) is 4. The molecule has 72 valence electrons. The van der Waals surface area contributed by atoms with E-state index in [-0.39, 0.29) is 5.69 Å². The van der Waals surface area contributed by atoms with Crippen LogP contribution in [0.2, 0.25) is 0 Å². The van der Waals surface area contributed by atoms with Crippen LogP contribution in [0.3, 0.4) is 0 Å². The lowest BCUT2D eigenvalue weighted by Crippen LogP contribution is -2.00. The predicted octanol–water partition coefficient (Wildman–Crippen LogP) is 2.03. The third-order valence-electron chi connectivity index (χ3n) is 1.76. The Morgan fingerprint density at radius 2 is 2.50 bits per heavy atom. The minimum absolute atomic E-state index is 0.00148. The maximum atomic E-state index is 10.7. The molecule has 0 radical (unpaired) electrons. The molecule has 5 heteroatoms. The van der Waals surface area contributed by atoms with Gasteiger partial charge in [0, 0.05) is 11.3 Å². The number of carboxylic acids is 1. The summed E-state index contributed by atoms with van der Waals surface area (Å²) in [6.45, 7) is 0. The van der Waals surface area contributed by atoms with Gasteiger partial charge in [0.2, 0.25) is 0 Å². The Labute approximate surface area is 83.8 Å². The third kappa shape index (κ3) is 1.67. The zero-order valence-corrected chi connectivity index (χ0v) is 7.95. The Kier molecular flexibility index (Phi) is 2.32. The highest BCUT2D eigenvalue weighted by atomic mass is 32.1. The molecule has 1 N–H and O–H groups in total. The fraction of sp³-hybridized carbons (Fsp3) is 0.111. The van der Waals surface area contributed by atoms with Crippen molar-refractivity contribution in [1.82, 2.24) is 4.98 Å². The number of oxazole rings is 1. The summed E-state index contributed by atoms with van der Waals surface area (Å²) in [5.74, 6) is -0.648. The maximum Gasteiger partial charge on any atom is 0.358 e. The van der Waals surface area contributed by atoms with Gasteiger partial charge in [0.15, 0.2) is 12.1 Å². The number of aromatic nitrogens is 1. The predicted molar refractivity (Wildman–Crippen MR) is 50.6 cm³/mol. The molecular weight excluding hydrogens is 202 g/mol. The van der Waals surface area contributed by atoms with E-state index in [0.717, 1.165) is 11.3 Å². The molecule has 0 unspecified atom stereocenters. The van der Waals surface area contributed by atoms with E-state index in [9.17, 15) is 4.79 Å². The number of rotatable bonds is 3. The van der Waals surface area contributed by atoms with Crippen LogP contribution in [0, 0.1) is 0 Å². The molecule has 2 heterocycles. The van der Waals surface area contributed by atoms with Crippen LogP contribution in [-0.4, -0.2) is 16.1 Å². The van der Waals surface area contributed by atoms with Gasteiger partial charge in [-0.25, -0.2) is 9.78 Å². The molecule has 0 aromatic carbocycles. The van der Waals surface area contributed by atoms with Crippen molar-refractivity contribution in [2.24, 2.45) is 0 Å². The topological polar surface area (TPSA) is 63.3 Å².